The number of hydrogen-bond acceptors (Lipinski definition) is 9. The van der Waals surface area contributed by atoms with Gasteiger partial charge in [0.05, 0.1) is 73.1 Å². The van der Waals surface area contributed by atoms with Crippen LogP contribution < -0.4 is 0 Å². The largest absolute Gasteiger partial charge is 0.444 e. The summed E-state index contributed by atoms with van der Waals surface area (Å²) >= 11 is 0. The van der Waals surface area contributed by atoms with Crippen LogP contribution in [0.5, 0.6) is 0 Å². The number of carbonyl (C=O) groups is 1. The van der Waals surface area contributed by atoms with Gasteiger partial charge in [-0.05, 0) is 89.0 Å². The molecule has 4 saturated heterocycles. The van der Waals surface area contributed by atoms with E-state index in [1.807, 2.05) is 46.8 Å². The third kappa shape index (κ3) is 11.4. The Balaban J connectivity index is 1.26. The molecular formula is C44H65NO9S. The summed E-state index contributed by atoms with van der Waals surface area (Å²) in [7, 11) is -3.61. The van der Waals surface area contributed by atoms with Gasteiger partial charge in [-0.15, -0.1) is 6.58 Å². The van der Waals surface area contributed by atoms with Gasteiger partial charge in [-0.25, -0.2) is 13.2 Å². The number of benzene rings is 1. The topological polar surface area (TPSA) is 110 Å². The van der Waals surface area contributed by atoms with Crippen LogP contribution in [0.15, 0.2) is 84.3 Å². The van der Waals surface area contributed by atoms with Crippen molar-refractivity contribution in [2.75, 3.05) is 25.5 Å². The molecule has 0 N–H and O–H groups in total. The van der Waals surface area contributed by atoms with Crippen molar-refractivity contribution < 1.29 is 41.6 Å². The van der Waals surface area contributed by atoms with Gasteiger partial charge in [0.1, 0.15) is 11.3 Å². The van der Waals surface area contributed by atoms with Gasteiger partial charge >= 0.3 is 6.09 Å². The molecule has 1 amide bonds. The van der Waals surface area contributed by atoms with Crippen LogP contribution in [0.2, 0.25) is 0 Å². The number of hydrogen-bond donors (Lipinski definition) is 0. The first-order valence-corrected chi connectivity index (χ1v) is 21.7. The lowest BCUT2D eigenvalue weighted by Crippen LogP contribution is -2.46. The van der Waals surface area contributed by atoms with E-state index in [4.69, 9.17) is 28.4 Å². The lowest BCUT2D eigenvalue weighted by Gasteiger charge is -2.38. The summed E-state index contributed by atoms with van der Waals surface area (Å²) in [5, 5.41) is 0. The van der Waals surface area contributed by atoms with E-state index in [9.17, 15) is 13.2 Å². The molecule has 0 aliphatic carbocycles. The van der Waals surface area contributed by atoms with Crippen LogP contribution >= 0.6 is 0 Å². The number of sulfone groups is 1. The summed E-state index contributed by atoms with van der Waals surface area (Å²) in [4.78, 5) is 15.1. The zero-order chi connectivity index (χ0) is 40.1. The van der Waals surface area contributed by atoms with Gasteiger partial charge < -0.3 is 28.4 Å². The fourth-order valence-electron chi connectivity index (χ4n) is 8.46. The SMILES string of the molecule is C=CCOC/C=C/[C@H]1CC(=C)C(CC[C@H]2C[C@@H](C)C(=C)[C@@H](CC3O[C@H](C[C@H]4CN(C(=O)OC(C)(C)C)C(C)(C)O4)[C@H](C)[C@H]3CS(=O)(=O)c3ccccc3)O2)O1. The second-order valence-corrected chi connectivity index (χ2v) is 19.4. The van der Waals surface area contributed by atoms with Crippen LogP contribution in [-0.2, 0) is 38.3 Å². The minimum Gasteiger partial charge on any atom is -0.444 e. The second kappa shape index (κ2) is 18.2. The van der Waals surface area contributed by atoms with Crippen molar-refractivity contribution in [3.8, 4) is 0 Å². The average Bonchev–Trinajstić information content (AvgIpc) is 3.72. The van der Waals surface area contributed by atoms with Gasteiger partial charge in [-0.1, -0.05) is 63.4 Å². The Morgan fingerprint density at radius 3 is 2.40 bits per heavy atom. The molecule has 55 heavy (non-hydrogen) atoms. The summed E-state index contributed by atoms with van der Waals surface area (Å²) in [6.07, 6.45) is 8.32. The quantitative estimate of drug-likeness (QED) is 0.128. The van der Waals surface area contributed by atoms with Crippen molar-refractivity contribution in [1.82, 2.24) is 4.90 Å². The summed E-state index contributed by atoms with van der Waals surface area (Å²) in [6, 6.07) is 8.63. The molecule has 0 saturated carbocycles. The zero-order valence-electron chi connectivity index (χ0n) is 34.1. The molecule has 4 heterocycles. The number of amides is 1. The molecule has 306 valence electrons. The Kier molecular flexibility index (Phi) is 14.3. The predicted octanol–water partition coefficient (Wildman–Crippen LogP) is 8.23. The van der Waals surface area contributed by atoms with Crippen molar-refractivity contribution >= 4 is 15.9 Å². The normalized spacial score (nSPS) is 32.7. The molecule has 0 radical (unpaired) electrons. The number of rotatable bonds is 15. The lowest BCUT2D eigenvalue weighted by atomic mass is 9.82. The molecule has 4 aliphatic heterocycles. The average molecular weight is 784 g/mol. The van der Waals surface area contributed by atoms with Crippen molar-refractivity contribution in [3.63, 3.8) is 0 Å². The van der Waals surface area contributed by atoms with Crippen LogP contribution in [0.25, 0.3) is 0 Å². The van der Waals surface area contributed by atoms with Crippen molar-refractivity contribution in [2.45, 2.75) is 146 Å². The maximum absolute atomic E-state index is 13.8. The molecule has 0 bridgehead atoms. The zero-order valence-corrected chi connectivity index (χ0v) is 34.9. The molecule has 5 rings (SSSR count). The molecule has 4 fully saturated rings. The third-order valence-corrected chi connectivity index (χ3v) is 13.3. The van der Waals surface area contributed by atoms with Crippen LogP contribution in [0.4, 0.5) is 4.79 Å². The van der Waals surface area contributed by atoms with Gasteiger partial charge in [0, 0.05) is 25.2 Å². The molecule has 1 aromatic rings. The Morgan fingerprint density at radius 1 is 0.982 bits per heavy atom. The highest BCUT2D eigenvalue weighted by molar-refractivity contribution is 7.91. The summed E-state index contributed by atoms with van der Waals surface area (Å²) < 4.78 is 65.2. The van der Waals surface area contributed by atoms with Crippen LogP contribution in [0, 0.1) is 17.8 Å². The molecule has 11 heteroatoms. The van der Waals surface area contributed by atoms with E-state index in [1.54, 1.807) is 35.2 Å². The van der Waals surface area contributed by atoms with Crippen LogP contribution in [-0.4, -0.2) is 99.0 Å². The van der Waals surface area contributed by atoms with Crippen molar-refractivity contribution in [1.29, 1.82) is 0 Å². The lowest BCUT2D eigenvalue weighted by molar-refractivity contribution is -0.0947. The maximum atomic E-state index is 13.8. The van der Waals surface area contributed by atoms with E-state index in [2.05, 4.69) is 39.7 Å². The first kappa shape index (κ1) is 43.3. The fraction of sp³-hybridized carbons (Fsp3) is 0.659. The monoisotopic (exact) mass is 783 g/mol. The van der Waals surface area contributed by atoms with Gasteiger partial charge in [0.2, 0.25) is 0 Å². The van der Waals surface area contributed by atoms with Crippen molar-refractivity contribution in [3.05, 3.63) is 79.4 Å². The molecule has 0 spiro atoms. The van der Waals surface area contributed by atoms with Gasteiger partial charge in [-0.2, -0.15) is 0 Å². The maximum Gasteiger partial charge on any atom is 0.412 e. The third-order valence-electron chi connectivity index (χ3n) is 11.5. The molecule has 4 aliphatic rings. The molecule has 10 atom stereocenters. The van der Waals surface area contributed by atoms with E-state index in [1.165, 1.54) is 0 Å². The molecular weight excluding hydrogens is 719 g/mol. The Hall–Kier alpha value is -2.80. The van der Waals surface area contributed by atoms with E-state index < -0.39 is 27.3 Å². The Labute approximate surface area is 330 Å². The van der Waals surface area contributed by atoms with Gasteiger partial charge in [0.15, 0.2) is 9.84 Å². The van der Waals surface area contributed by atoms with Crippen LogP contribution in [0.1, 0.15) is 87.0 Å². The summed E-state index contributed by atoms with van der Waals surface area (Å²) in [5.74, 6) is -0.204. The predicted molar refractivity (Wildman–Crippen MR) is 214 cm³/mol. The van der Waals surface area contributed by atoms with Gasteiger partial charge in [-0.3, -0.25) is 4.90 Å². The fourth-order valence-corrected chi connectivity index (χ4v) is 10.3. The highest BCUT2D eigenvalue weighted by Gasteiger charge is 2.50. The van der Waals surface area contributed by atoms with E-state index in [0.717, 1.165) is 36.8 Å². The Morgan fingerprint density at radius 2 is 1.71 bits per heavy atom. The molecule has 2 unspecified atom stereocenters. The number of nitrogens with zero attached hydrogens (tertiary/aromatic N) is 1. The summed E-state index contributed by atoms with van der Waals surface area (Å²) in [5.41, 5.74) is 0.607. The minimum absolute atomic E-state index is 0.00197. The summed E-state index contributed by atoms with van der Waals surface area (Å²) in [6.45, 7) is 27.4. The van der Waals surface area contributed by atoms with E-state index >= 15 is 0 Å². The highest BCUT2D eigenvalue weighted by atomic mass is 32.2. The molecule has 1 aromatic carbocycles. The second-order valence-electron chi connectivity index (χ2n) is 17.4. The molecule has 0 aromatic heterocycles. The Bertz CT molecular complexity index is 1630. The first-order valence-electron chi connectivity index (χ1n) is 20.0. The van der Waals surface area contributed by atoms with Crippen molar-refractivity contribution in [2.24, 2.45) is 17.8 Å². The highest BCUT2D eigenvalue weighted by Crippen LogP contribution is 2.43. The van der Waals surface area contributed by atoms with E-state index in [-0.39, 0.29) is 66.2 Å². The first-order chi connectivity index (χ1) is 25.9. The number of carbonyl (C=O) groups excluding carboxylic acids is 1. The number of ether oxygens (including phenoxy) is 6. The van der Waals surface area contributed by atoms with Gasteiger partial charge in [0.25, 0.3) is 0 Å². The smallest absolute Gasteiger partial charge is 0.412 e. The van der Waals surface area contributed by atoms with Crippen LogP contribution in [0.3, 0.4) is 0 Å². The standard InChI is InChI=1S/C44H65NO9S/c1-11-21-49-22-15-16-33-24-30(3)38(50-33)20-19-34-23-29(2)31(4)40(51-34)26-41-37(28-55(47,48)36-17-13-12-14-18-36)32(5)39(52-41)25-35-27-45(44(9,10)53-35)42(46)54-43(6,7)8/h11-18,29,32-35,37-41H,1,3-4,19-28H2,2,5-10H3/b16-15+/t29-,32-,33+,34+,35+,37-,38?,39-,40-,41?/m1/s1. The minimum atomic E-state index is -3.61. The van der Waals surface area contributed by atoms with E-state index in [0.29, 0.717) is 37.5 Å². The molecule has 10 nitrogen and oxygen atoms in total.